The zero-order valence-electron chi connectivity index (χ0n) is 7.54. The van der Waals surface area contributed by atoms with E-state index in [-0.39, 0.29) is 0 Å². The quantitative estimate of drug-likeness (QED) is 0.570. The lowest BCUT2D eigenvalue weighted by Gasteiger charge is -2.15. The Morgan fingerprint density at radius 2 is 1.36 bits per heavy atom. The zero-order chi connectivity index (χ0) is 9.80. The van der Waals surface area contributed by atoms with E-state index in [9.17, 15) is 0 Å². The molecule has 0 aliphatic heterocycles. The largest absolute Gasteiger partial charge is 0.244 e. The third kappa shape index (κ3) is 1.70. The van der Waals surface area contributed by atoms with E-state index in [1.54, 1.807) is 12.4 Å². The standard InChI is InChI=1S/C10H10N4/c11-14(9-5-1-3-7-12-9)10-6-2-4-8-13-10/h1-8H,11H2. The fourth-order valence-corrected chi connectivity index (χ4v) is 1.11. The van der Waals surface area contributed by atoms with Crippen molar-refractivity contribution in [3.05, 3.63) is 48.8 Å². The highest BCUT2D eigenvalue weighted by atomic mass is 15.4. The minimum atomic E-state index is 0.672. The molecule has 0 saturated carbocycles. The molecule has 0 aliphatic rings. The highest BCUT2D eigenvalue weighted by Crippen LogP contribution is 2.15. The lowest BCUT2D eigenvalue weighted by molar-refractivity contribution is 0.999. The van der Waals surface area contributed by atoms with E-state index < -0.39 is 0 Å². The minimum absolute atomic E-state index is 0.672. The smallest absolute Gasteiger partial charge is 0.148 e. The van der Waals surface area contributed by atoms with Gasteiger partial charge in [-0.1, -0.05) is 12.1 Å². The van der Waals surface area contributed by atoms with Crippen LogP contribution in [0.25, 0.3) is 0 Å². The van der Waals surface area contributed by atoms with Gasteiger partial charge in [0.1, 0.15) is 11.6 Å². The fourth-order valence-electron chi connectivity index (χ4n) is 1.11. The molecule has 0 fully saturated rings. The summed E-state index contributed by atoms with van der Waals surface area (Å²) in [5, 5.41) is 1.44. The molecule has 4 heteroatoms. The molecule has 2 N–H and O–H groups in total. The molecule has 2 aromatic heterocycles. The zero-order valence-corrected chi connectivity index (χ0v) is 7.54. The Hall–Kier alpha value is -1.94. The maximum Gasteiger partial charge on any atom is 0.148 e. The van der Waals surface area contributed by atoms with Gasteiger partial charge in [0.05, 0.1) is 0 Å². The van der Waals surface area contributed by atoms with Crippen molar-refractivity contribution in [2.45, 2.75) is 0 Å². The van der Waals surface area contributed by atoms with E-state index in [4.69, 9.17) is 5.84 Å². The molecule has 0 bridgehead atoms. The average Bonchev–Trinajstić information content (AvgIpc) is 2.30. The minimum Gasteiger partial charge on any atom is -0.244 e. The average molecular weight is 186 g/mol. The highest BCUT2D eigenvalue weighted by Gasteiger charge is 2.04. The molecular weight excluding hydrogens is 176 g/mol. The maximum atomic E-state index is 5.82. The van der Waals surface area contributed by atoms with Gasteiger partial charge in [0.15, 0.2) is 0 Å². The second-order valence-electron chi connectivity index (χ2n) is 2.75. The van der Waals surface area contributed by atoms with Crippen molar-refractivity contribution in [2.24, 2.45) is 5.84 Å². The topological polar surface area (TPSA) is 55.0 Å². The van der Waals surface area contributed by atoms with Crippen molar-refractivity contribution < 1.29 is 0 Å². The number of nitrogens with zero attached hydrogens (tertiary/aromatic N) is 3. The van der Waals surface area contributed by atoms with Crippen LogP contribution in [0.1, 0.15) is 0 Å². The maximum absolute atomic E-state index is 5.82. The van der Waals surface area contributed by atoms with Crippen LogP contribution in [0.5, 0.6) is 0 Å². The summed E-state index contributed by atoms with van der Waals surface area (Å²) in [7, 11) is 0. The molecule has 14 heavy (non-hydrogen) atoms. The second-order valence-corrected chi connectivity index (χ2v) is 2.75. The van der Waals surface area contributed by atoms with Crippen LogP contribution in [0.4, 0.5) is 11.6 Å². The Morgan fingerprint density at radius 1 is 0.857 bits per heavy atom. The van der Waals surface area contributed by atoms with Crippen molar-refractivity contribution in [1.29, 1.82) is 0 Å². The van der Waals surface area contributed by atoms with Gasteiger partial charge in [-0.2, -0.15) is 0 Å². The van der Waals surface area contributed by atoms with E-state index >= 15 is 0 Å². The van der Waals surface area contributed by atoms with Gasteiger partial charge in [-0.05, 0) is 24.3 Å². The van der Waals surface area contributed by atoms with Gasteiger partial charge < -0.3 is 0 Å². The van der Waals surface area contributed by atoms with Crippen molar-refractivity contribution in [3.8, 4) is 0 Å². The Kier molecular flexibility index (Phi) is 2.38. The van der Waals surface area contributed by atoms with Crippen LogP contribution >= 0.6 is 0 Å². The monoisotopic (exact) mass is 186 g/mol. The van der Waals surface area contributed by atoms with Crippen molar-refractivity contribution in [3.63, 3.8) is 0 Å². The van der Waals surface area contributed by atoms with Crippen LogP contribution in [-0.2, 0) is 0 Å². The summed E-state index contributed by atoms with van der Waals surface area (Å²) in [6.45, 7) is 0. The van der Waals surface area contributed by atoms with E-state index in [2.05, 4.69) is 9.97 Å². The molecule has 2 aromatic rings. The molecule has 0 spiro atoms. The number of nitrogens with two attached hydrogens (primary N) is 1. The van der Waals surface area contributed by atoms with Crippen LogP contribution in [0.2, 0.25) is 0 Å². The Bertz CT molecular complexity index is 348. The molecular formula is C10H10N4. The first kappa shape index (κ1) is 8.65. The van der Waals surface area contributed by atoms with Crippen LogP contribution in [0.3, 0.4) is 0 Å². The summed E-state index contributed by atoms with van der Waals surface area (Å²) in [6.07, 6.45) is 3.39. The lowest BCUT2D eigenvalue weighted by atomic mass is 10.4. The van der Waals surface area contributed by atoms with E-state index in [1.807, 2.05) is 36.4 Å². The van der Waals surface area contributed by atoms with E-state index in [0.717, 1.165) is 0 Å². The summed E-state index contributed by atoms with van der Waals surface area (Å²) in [4.78, 5) is 8.23. The van der Waals surface area contributed by atoms with Crippen LogP contribution in [0.15, 0.2) is 48.8 Å². The SMILES string of the molecule is NN(c1ccccn1)c1ccccn1. The van der Waals surface area contributed by atoms with Crippen LogP contribution in [0, 0.1) is 0 Å². The van der Waals surface area contributed by atoms with Gasteiger partial charge in [0.2, 0.25) is 0 Å². The number of aromatic nitrogens is 2. The van der Waals surface area contributed by atoms with Gasteiger partial charge in [0, 0.05) is 12.4 Å². The van der Waals surface area contributed by atoms with E-state index in [1.165, 1.54) is 5.01 Å². The van der Waals surface area contributed by atoms with Gasteiger partial charge >= 0.3 is 0 Å². The van der Waals surface area contributed by atoms with Crippen LogP contribution in [-0.4, -0.2) is 9.97 Å². The fraction of sp³-hybridized carbons (Fsp3) is 0. The van der Waals surface area contributed by atoms with Gasteiger partial charge in [-0.3, -0.25) is 0 Å². The molecule has 0 aromatic carbocycles. The Labute approximate surface area is 82.0 Å². The van der Waals surface area contributed by atoms with Crippen LogP contribution < -0.4 is 10.9 Å². The Balaban J connectivity index is 2.30. The normalized spacial score (nSPS) is 9.79. The first-order valence-corrected chi connectivity index (χ1v) is 4.25. The number of hydrogen-bond donors (Lipinski definition) is 1. The molecule has 0 amide bonds. The predicted molar refractivity (Wildman–Crippen MR) is 54.8 cm³/mol. The van der Waals surface area contributed by atoms with E-state index in [0.29, 0.717) is 11.6 Å². The number of pyridine rings is 2. The third-order valence-electron chi connectivity index (χ3n) is 1.79. The summed E-state index contributed by atoms with van der Waals surface area (Å²) in [5.74, 6) is 7.17. The number of hydrazine groups is 1. The first-order chi connectivity index (χ1) is 6.88. The summed E-state index contributed by atoms with van der Waals surface area (Å²) < 4.78 is 0. The number of rotatable bonds is 2. The van der Waals surface area contributed by atoms with Gasteiger partial charge in [-0.15, -0.1) is 0 Å². The van der Waals surface area contributed by atoms with Crippen molar-refractivity contribution >= 4 is 11.6 Å². The molecule has 4 nitrogen and oxygen atoms in total. The third-order valence-corrected chi connectivity index (χ3v) is 1.79. The molecule has 0 radical (unpaired) electrons. The molecule has 2 heterocycles. The lowest BCUT2D eigenvalue weighted by Crippen LogP contribution is -2.26. The highest BCUT2D eigenvalue weighted by molar-refractivity contribution is 5.52. The molecule has 0 saturated heterocycles. The summed E-state index contributed by atoms with van der Waals surface area (Å²) in [6, 6.07) is 11.1. The number of hydrogen-bond acceptors (Lipinski definition) is 4. The predicted octanol–water partition coefficient (Wildman–Crippen LogP) is 1.49. The van der Waals surface area contributed by atoms with Crippen molar-refractivity contribution in [1.82, 2.24) is 9.97 Å². The second kappa shape index (κ2) is 3.85. The molecule has 2 rings (SSSR count). The van der Waals surface area contributed by atoms with Crippen molar-refractivity contribution in [2.75, 3.05) is 5.01 Å². The molecule has 0 atom stereocenters. The number of anilines is 2. The summed E-state index contributed by atoms with van der Waals surface area (Å²) in [5.41, 5.74) is 0. The van der Waals surface area contributed by atoms with Gasteiger partial charge in [0.25, 0.3) is 0 Å². The molecule has 0 aliphatic carbocycles. The van der Waals surface area contributed by atoms with Gasteiger partial charge in [-0.25, -0.2) is 20.8 Å². The Morgan fingerprint density at radius 3 is 1.71 bits per heavy atom. The molecule has 0 unspecified atom stereocenters. The summed E-state index contributed by atoms with van der Waals surface area (Å²) >= 11 is 0. The first-order valence-electron chi connectivity index (χ1n) is 4.25. The molecule has 70 valence electrons.